The molecule has 31 heavy (non-hydrogen) atoms. The first-order chi connectivity index (χ1) is 15.0. The van der Waals surface area contributed by atoms with Crippen molar-refractivity contribution in [3.63, 3.8) is 0 Å². The van der Waals surface area contributed by atoms with Gasteiger partial charge in [-0.15, -0.1) is 0 Å². The fourth-order valence-corrected chi connectivity index (χ4v) is 3.85. The lowest BCUT2D eigenvalue weighted by Crippen LogP contribution is -2.09. The van der Waals surface area contributed by atoms with E-state index in [4.69, 9.17) is 15.2 Å². The Hall–Kier alpha value is -3.86. The number of fused-ring (bicyclic) bond motifs is 2. The summed E-state index contributed by atoms with van der Waals surface area (Å²) < 4.78 is 10.4. The molecule has 0 saturated heterocycles. The first-order valence-electron chi connectivity index (χ1n) is 10.2. The highest BCUT2D eigenvalue weighted by molar-refractivity contribution is 6.15. The zero-order valence-electron chi connectivity index (χ0n) is 17.5. The Morgan fingerprint density at radius 1 is 0.677 bits per heavy atom. The van der Waals surface area contributed by atoms with Crippen molar-refractivity contribution in [3.05, 3.63) is 77.9 Å². The molecule has 0 heterocycles. The number of hydrogen-bond acceptors (Lipinski definition) is 5. The highest BCUT2D eigenvalue weighted by atomic mass is 16.5. The number of nitrogen functional groups attached to an aromatic ring is 1. The Labute approximate surface area is 181 Å². The molecule has 4 aliphatic rings. The number of ether oxygens (including phenoxy) is 2. The molecule has 4 aliphatic carbocycles. The van der Waals surface area contributed by atoms with Crippen LogP contribution in [0.25, 0.3) is 33.4 Å². The van der Waals surface area contributed by atoms with Crippen LogP contribution in [0, 0.1) is 0 Å². The van der Waals surface area contributed by atoms with Crippen LogP contribution < -0.4 is 5.73 Å². The quantitative estimate of drug-likeness (QED) is 0.437. The number of rotatable bonds is 5. The van der Waals surface area contributed by atoms with Gasteiger partial charge in [-0.1, -0.05) is 54.6 Å². The van der Waals surface area contributed by atoms with E-state index >= 15 is 0 Å². The number of carbonyl (C=O) groups is 2. The summed E-state index contributed by atoms with van der Waals surface area (Å²) in [5.41, 5.74) is 12.1. The van der Waals surface area contributed by atoms with Gasteiger partial charge in [-0.3, -0.25) is 0 Å². The monoisotopic (exact) mass is 413 g/mol. The summed E-state index contributed by atoms with van der Waals surface area (Å²) in [5.74, 6) is -1.11. The molecule has 0 aliphatic heterocycles. The second kappa shape index (κ2) is 8.48. The topological polar surface area (TPSA) is 78.6 Å². The Balaban J connectivity index is 1.91. The van der Waals surface area contributed by atoms with Gasteiger partial charge in [0.05, 0.1) is 30.0 Å². The van der Waals surface area contributed by atoms with Gasteiger partial charge in [-0.2, -0.15) is 0 Å². The van der Waals surface area contributed by atoms with Crippen LogP contribution in [0.1, 0.15) is 34.6 Å². The summed E-state index contributed by atoms with van der Waals surface area (Å²) in [5, 5.41) is 0. The van der Waals surface area contributed by atoms with E-state index in [-0.39, 0.29) is 30.0 Å². The van der Waals surface area contributed by atoms with Gasteiger partial charge >= 0.3 is 11.9 Å². The predicted molar refractivity (Wildman–Crippen MR) is 121 cm³/mol. The molecular formula is C26H23NO4. The van der Waals surface area contributed by atoms with Gasteiger partial charge in [0, 0.05) is 0 Å². The second-order valence-corrected chi connectivity index (χ2v) is 7.12. The van der Waals surface area contributed by atoms with E-state index < -0.39 is 11.9 Å². The molecular weight excluding hydrogens is 390 g/mol. The molecule has 156 valence electrons. The summed E-state index contributed by atoms with van der Waals surface area (Å²) in [7, 11) is 0. The fourth-order valence-electron chi connectivity index (χ4n) is 3.85. The number of nitrogens with two attached hydrogens (primary N) is 1. The van der Waals surface area contributed by atoms with Gasteiger partial charge in [0.25, 0.3) is 0 Å². The molecule has 0 aromatic carbocycles. The van der Waals surface area contributed by atoms with Crippen molar-refractivity contribution in [2.75, 3.05) is 18.9 Å². The zero-order chi connectivity index (χ0) is 22.0. The van der Waals surface area contributed by atoms with Crippen molar-refractivity contribution in [2.24, 2.45) is 0 Å². The summed E-state index contributed by atoms with van der Waals surface area (Å²) in [6.45, 7) is 3.87. The van der Waals surface area contributed by atoms with E-state index in [1.807, 2.05) is 42.5 Å². The number of carbonyl (C=O) groups excluding carboxylic acids is 2. The molecule has 0 bridgehead atoms. The van der Waals surface area contributed by atoms with Gasteiger partial charge in [-0.25, -0.2) is 9.59 Å². The van der Waals surface area contributed by atoms with E-state index in [9.17, 15) is 9.59 Å². The van der Waals surface area contributed by atoms with Gasteiger partial charge < -0.3 is 15.2 Å². The third-order valence-corrected chi connectivity index (χ3v) is 5.25. The summed E-state index contributed by atoms with van der Waals surface area (Å²) in [6.07, 6.45) is 0. The van der Waals surface area contributed by atoms with Crippen LogP contribution in [0.15, 0.2) is 66.7 Å². The Morgan fingerprint density at radius 3 is 1.61 bits per heavy atom. The first-order valence-corrected chi connectivity index (χ1v) is 10.2. The Kier molecular flexibility index (Phi) is 5.58. The molecule has 0 aromatic heterocycles. The normalized spacial score (nSPS) is 10.9. The lowest BCUT2D eigenvalue weighted by atomic mass is 10.1. The van der Waals surface area contributed by atoms with Crippen LogP contribution >= 0.6 is 0 Å². The molecule has 0 aromatic rings. The van der Waals surface area contributed by atoms with Crippen molar-refractivity contribution in [1.29, 1.82) is 0 Å². The number of esters is 2. The minimum Gasteiger partial charge on any atom is -0.462 e. The standard InChI is InChI=1S/C26H23NO4/c1-3-30-25(28)22-20-12-10-16(19-14-17-8-6-5-7-9-18(17)15-19)11-13-21(20)23(24(22)27)26(29)31-4-2/h5-15H,3-4,27H2,1-2H3. The van der Waals surface area contributed by atoms with Crippen molar-refractivity contribution in [1.82, 2.24) is 0 Å². The predicted octanol–water partition coefficient (Wildman–Crippen LogP) is 5.50. The van der Waals surface area contributed by atoms with Gasteiger partial charge in [0.2, 0.25) is 0 Å². The summed E-state index contributed by atoms with van der Waals surface area (Å²) in [4.78, 5) is 25.2. The van der Waals surface area contributed by atoms with Crippen molar-refractivity contribution < 1.29 is 19.1 Å². The van der Waals surface area contributed by atoms with Gasteiger partial charge in [-0.05, 0) is 59.4 Å². The Morgan fingerprint density at radius 2 is 1.16 bits per heavy atom. The molecule has 2 N–H and O–H groups in total. The van der Waals surface area contributed by atoms with E-state index in [1.165, 1.54) is 0 Å². The fraction of sp³-hybridized carbons (Fsp3) is 0.154. The molecule has 0 spiro atoms. The average Bonchev–Trinajstić information content (AvgIpc) is 3.07. The van der Waals surface area contributed by atoms with E-state index in [0.717, 1.165) is 22.3 Å². The number of hydrogen-bond donors (Lipinski definition) is 1. The molecule has 0 fully saturated rings. The maximum absolute atomic E-state index is 12.6. The highest BCUT2D eigenvalue weighted by Crippen LogP contribution is 2.41. The zero-order valence-corrected chi connectivity index (χ0v) is 17.5. The van der Waals surface area contributed by atoms with Gasteiger partial charge in [0.1, 0.15) is 0 Å². The maximum Gasteiger partial charge on any atom is 0.340 e. The largest absolute Gasteiger partial charge is 0.462 e. The lowest BCUT2D eigenvalue weighted by Gasteiger charge is -2.03. The van der Waals surface area contributed by atoms with Crippen LogP contribution in [0.5, 0.6) is 0 Å². The minimum absolute atomic E-state index is 0.0891. The third-order valence-electron chi connectivity index (χ3n) is 5.25. The van der Waals surface area contributed by atoms with Crippen LogP contribution in [0.4, 0.5) is 5.69 Å². The number of anilines is 1. The molecule has 4 rings (SSSR count). The smallest absolute Gasteiger partial charge is 0.340 e. The van der Waals surface area contributed by atoms with E-state index in [1.54, 1.807) is 13.8 Å². The van der Waals surface area contributed by atoms with Crippen LogP contribution in [0.2, 0.25) is 0 Å². The first kappa shape index (κ1) is 20.4. The van der Waals surface area contributed by atoms with Gasteiger partial charge in [0.15, 0.2) is 0 Å². The summed E-state index contributed by atoms with van der Waals surface area (Å²) >= 11 is 0. The second-order valence-electron chi connectivity index (χ2n) is 7.12. The highest BCUT2D eigenvalue weighted by Gasteiger charge is 2.30. The molecule has 5 heteroatoms. The van der Waals surface area contributed by atoms with Crippen LogP contribution in [-0.2, 0) is 9.47 Å². The third kappa shape index (κ3) is 3.70. The molecule has 0 amide bonds. The minimum atomic E-state index is -0.556. The molecule has 5 nitrogen and oxygen atoms in total. The average molecular weight is 413 g/mol. The molecule has 0 unspecified atom stereocenters. The van der Waals surface area contributed by atoms with Crippen LogP contribution in [-0.4, -0.2) is 25.2 Å². The molecule has 0 atom stereocenters. The van der Waals surface area contributed by atoms with Crippen LogP contribution in [0.3, 0.4) is 0 Å². The lowest BCUT2D eigenvalue weighted by molar-refractivity contribution is 0.0525. The molecule has 0 saturated carbocycles. The van der Waals surface area contributed by atoms with E-state index in [0.29, 0.717) is 11.1 Å². The maximum atomic E-state index is 12.6. The van der Waals surface area contributed by atoms with Crippen molar-refractivity contribution in [3.8, 4) is 33.4 Å². The summed E-state index contributed by atoms with van der Waals surface area (Å²) in [6, 6.07) is 21.8. The van der Waals surface area contributed by atoms with E-state index in [2.05, 4.69) is 24.3 Å². The Bertz CT molecular complexity index is 1130. The SMILES string of the molecule is CCOC(=O)c1c2ccc(-c3cc4cccccc-4c3)ccc-2c(C(=O)OCC)c1N. The molecule has 0 radical (unpaired) electrons. The van der Waals surface area contributed by atoms with Crippen molar-refractivity contribution in [2.45, 2.75) is 13.8 Å². The van der Waals surface area contributed by atoms with Crippen molar-refractivity contribution >= 4 is 17.6 Å².